The first-order valence-corrected chi connectivity index (χ1v) is 11.1. The summed E-state index contributed by atoms with van der Waals surface area (Å²) >= 11 is 0. The van der Waals surface area contributed by atoms with Crippen molar-refractivity contribution >= 4 is 17.6 Å². The molecule has 4 rings (SSSR count). The van der Waals surface area contributed by atoms with E-state index in [1.807, 2.05) is 43.3 Å². The van der Waals surface area contributed by atoms with Crippen LogP contribution in [0.2, 0.25) is 0 Å². The standard InChI is InChI=1S/C28H24N4O4/c1-17-8-7-11-22(31-17)18-12-14-20(15-13-18)32-25(28(34)36-3)24(27(33)35-2)23(21(16-29)26(32)30)19-9-5-4-6-10-19/h4-15,23H,30H2,1-3H3. The van der Waals surface area contributed by atoms with Gasteiger partial charge in [0.15, 0.2) is 0 Å². The van der Waals surface area contributed by atoms with Crippen LogP contribution in [0.4, 0.5) is 5.69 Å². The molecule has 2 aromatic carbocycles. The molecule has 2 N–H and O–H groups in total. The molecule has 1 aromatic heterocycles. The molecule has 1 aliphatic rings. The third-order valence-electron chi connectivity index (χ3n) is 5.92. The number of allylic oxidation sites excluding steroid dienone is 1. The fraction of sp³-hybridized carbons (Fsp3) is 0.143. The number of hydrogen-bond donors (Lipinski definition) is 1. The van der Waals surface area contributed by atoms with Gasteiger partial charge in [0, 0.05) is 16.9 Å². The van der Waals surface area contributed by atoms with Crippen molar-refractivity contribution < 1.29 is 19.1 Å². The number of ether oxygens (including phenoxy) is 2. The quantitative estimate of drug-likeness (QED) is 0.545. The number of methoxy groups -OCH3 is 2. The maximum absolute atomic E-state index is 13.1. The Balaban J connectivity index is 1.94. The first-order chi connectivity index (χ1) is 17.4. The summed E-state index contributed by atoms with van der Waals surface area (Å²) in [6.07, 6.45) is 0. The van der Waals surface area contributed by atoms with Crippen molar-refractivity contribution in [2.75, 3.05) is 19.1 Å². The molecule has 1 aliphatic heterocycles. The number of nitrogens with zero attached hydrogens (tertiary/aromatic N) is 3. The molecule has 2 heterocycles. The van der Waals surface area contributed by atoms with E-state index in [1.165, 1.54) is 19.1 Å². The molecule has 0 fully saturated rings. The predicted molar refractivity (Wildman–Crippen MR) is 134 cm³/mol. The third-order valence-corrected chi connectivity index (χ3v) is 5.92. The van der Waals surface area contributed by atoms with Crippen LogP contribution in [0.15, 0.2) is 95.5 Å². The fourth-order valence-corrected chi connectivity index (χ4v) is 4.27. The maximum Gasteiger partial charge on any atom is 0.355 e. The molecule has 1 atom stereocenters. The van der Waals surface area contributed by atoms with Crippen molar-refractivity contribution in [1.29, 1.82) is 5.26 Å². The number of rotatable bonds is 5. The minimum atomic E-state index is -0.912. The Kier molecular flexibility index (Phi) is 6.84. The van der Waals surface area contributed by atoms with Crippen LogP contribution in [0.25, 0.3) is 11.3 Å². The minimum absolute atomic E-state index is 0.0147. The summed E-state index contributed by atoms with van der Waals surface area (Å²) in [5, 5.41) is 10.1. The lowest BCUT2D eigenvalue weighted by atomic mass is 9.81. The number of carbonyl (C=O) groups excluding carboxylic acids is 2. The van der Waals surface area contributed by atoms with Gasteiger partial charge in [0.25, 0.3) is 0 Å². The smallest absolute Gasteiger partial charge is 0.355 e. The number of aryl methyl sites for hydroxylation is 1. The van der Waals surface area contributed by atoms with E-state index in [-0.39, 0.29) is 22.7 Å². The molecule has 0 radical (unpaired) electrons. The van der Waals surface area contributed by atoms with E-state index < -0.39 is 17.9 Å². The lowest BCUT2D eigenvalue weighted by Crippen LogP contribution is -2.40. The molecule has 0 bridgehead atoms. The molecule has 180 valence electrons. The van der Waals surface area contributed by atoms with Crippen molar-refractivity contribution in [1.82, 2.24) is 4.98 Å². The van der Waals surface area contributed by atoms with Gasteiger partial charge in [-0.15, -0.1) is 0 Å². The molecular formula is C28H24N4O4. The maximum atomic E-state index is 13.1. The highest BCUT2D eigenvalue weighted by Gasteiger charge is 2.42. The number of esters is 2. The van der Waals surface area contributed by atoms with Crippen molar-refractivity contribution in [2.45, 2.75) is 12.8 Å². The summed E-state index contributed by atoms with van der Waals surface area (Å²) in [4.78, 5) is 32.1. The van der Waals surface area contributed by atoms with Crippen LogP contribution >= 0.6 is 0 Å². The summed E-state index contributed by atoms with van der Waals surface area (Å²) in [7, 11) is 2.43. The van der Waals surface area contributed by atoms with Gasteiger partial charge in [0.2, 0.25) is 0 Å². The van der Waals surface area contributed by atoms with E-state index in [0.717, 1.165) is 17.0 Å². The molecule has 36 heavy (non-hydrogen) atoms. The number of benzene rings is 2. The normalized spacial score (nSPS) is 15.4. The van der Waals surface area contributed by atoms with Crippen LogP contribution in [0.3, 0.4) is 0 Å². The van der Waals surface area contributed by atoms with Crippen LogP contribution in [-0.2, 0) is 19.1 Å². The van der Waals surface area contributed by atoms with Gasteiger partial charge in [0.1, 0.15) is 11.5 Å². The summed E-state index contributed by atoms with van der Waals surface area (Å²) < 4.78 is 10.1. The summed E-state index contributed by atoms with van der Waals surface area (Å²) in [5.74, 6) is -2.46. The Bertz CT molecular complexity index is 1420. The highest BCUT2D eigenvalue weighted by molar-refractivity contribution is 6.06. The third kappa shape index (κ3) is 4.30. The van der Waals surface area contributed by atoms with Crippen molar-refractivity contribution in [3.8, 4) is 17.3 Å². The zero-order valence-electron chi connectivity index (χ0n) is 20.1. The molecule has 3 aromatic rings. The average molecular weight is 481 g/mol. The lowest BCUT2D eigenvalue weighted by molar-refractivity contribution is -0.139. The van der Waals surface area contributed by atoms with Gasteiger partial charge >= 0.3 is 11.9 Å². The molecule has 8 heteroatoms. The Morgan fingerprint density at radius 3 is 2.19 bits per heavy atom. The van der Waals surface area contributed by atoms with E-state index in [4.69, 9.17) is 15.2 Å². The van der Waals surface area contributed by atoms with E-state index in [9.17, 15) is 14.9 Å². The van der Waals surface area contributed by atoms with Gasteiger partial charge in [-0.2, -0.15) is 5.26 Å². The van der Waals surface area contributed by atoms with Gasteiger partial charge in [-0.3, -0.25) is 9.88 Å². The number of nitrogens with two attached hydrogens (primary N) is 1. The first kappa shape index (κ1) is 24.2. The zero-order chi connectivity index (χ0) is 25.8. The van der Waals surface area contributed by atoms with Crippen LogP contribution in [-0.4, -0.2) is 31.1 Å². The van der Waals surface area contributed by atoms with Crippen LogP contribution in [0, 0.1) is 18.3 Å². The zero-order valence-corrected chi connectivity index (χ0v) is 20.1. The summed E-state index contributed by atoms with van der Waals surface area (Å²) in [6, 6.07) is 23.9. The fourth-order valence-electron chi connectivity index (χ4n) is 4.27. The van der Waals surface area contributed by atoms with Gasteiger partial charge < -0.3 is 15.2 Å². The second kappa shape index (κ2) is 10.2. The topological polar surface area (TPSA) is 119 Å². The second-order valence-corrected chi connectivity index (χ2v) is 8.05. The van der Waals surface area contributed by atoms with Gasteiger partial charge in [0.05, 0.1) is 43.0 Å². The Morgan fingerprint density at radius 2 is 1.61 bits per heavy atom. The van der Waals surface area contributed by atoms with E-state index in [1.54, 1.807) is 36.4 Å². The highest BCUT2D eigenvalue weighted by atomic mass is 16.5. The van der Waals surface area contributed by atoms with Crippen LogP contribution in [0.5, 0.6) is 0 Å². The number of anilines is 1. The second-order valence-electron chi connectivity index (χ2n) is 8.05. The highest BCUT2D eigenvalue weighted by Crippen LogP contribution is 2.43. The molecule has 0 saturated carbocycles. The SMILES string of the molecule is COC(=O)C1=C(C(=O)OC)N(c2ccc(-c3cccc(C)n3)cc2)C(N)=C(C#N)C1c1ccccc1. The van der Waals surface area contributed by atoms with Gasteiger partial charge in [-0.05, 0) is 36.8 Å². The van der Waals surface area contributed by atoms with Crippen molar-refractivity contribution in [2.24, 2.45) is 5.73 Å². The number of nitriles is 1. The minimum Gasteiger partial charge on any atom is -0.466 e. The monoisotopic (exact) mass is 480 g/mol. The number of carbonyl (C=O) groups is 2. The number of hydrogen-bond acceptors (Lipinski definition) is 8. The van der Waals surface area contributed by atoms with Gasteiger partial charge in [-0.25, -0.2) is 9.59 Å². The van der Waals surface area contributed by atoms with E-state index >= 15 is 0 Å². The summed E-state index contributed by atoms with van der Waals surface area (Å²) in [6.45, 7) is 1.91. The summed E-state index contributed by atoms with van der Waals surface area (Å²) in [5.41, 5.74) is 10.1. The van der Waals surface area contributed by atoms with Gasteiger partial charge in [-0.1, -0.05) is 48.5 Å². The molecule has 0 aliphatic carbocycles. The lowest BCUT2D eigenvalue weighted by Gasteiger charge is -2.35. The van der Waals surface area contributed by atoms with E-state index in [0.29, 0.717) is 11.3 Å². The molecular weight excluding hydrogens is 456 g/mol. The van der Waals surface area contributed by atoms with Crippen LogP contribution < -0.4 is 10.6 Å². The molecule has 8 nitrogen and oxygen atoms in total. The molecule has 1 unspecified atom stereocenters. The average Bonchev–Trinajstić information content (AvgIpc) is 2.92. The van der Waals surface area contributed by atoms with Crippen molar-refractivity contribution in [3.05, 3.63) is 107 Å². The largest absolute Gasteiger partial charge is 0.466 e. The predicted octanol–water partition coefficient (Wildman–Crippen LogP) is 3.95. The number of pyridine rings is 1. The van der Waals surface area contributed by atoms with Crippen LogP contribution in [0.1, 0.15) is 17.2 Å². The Morgan fingerprint density at radius 1 is 0.944 bits per heavy atom. The molecule has 0 amide bonds. The number of aromatic nitrogens is 1. The first-order valence-electron chi connectivity index (χ1n) is 11.1. The Labute approximate surface area is 208 Å². The van der Waals surface area contributed by atoms with E-state index in [2.05, 4.69) is 11.1 Å². The van der Waals surface area contributed by atoms with Crippen molar-refractivity contribution in [3.63, 3.8) is 0 Å². The Hall–Kier alpha value is -4.90. The molecule has 0 spiro atoms. The molecule has 0 saturated heterocycles.